The number of furan rings is 2. The summed E-state index contributed by atoms with van der Waals surface area (Å²) in [5, 5.41) is 0. The zero-order chi connectivity index (χ0) is 21.6. The minimum atomic E-state index is 0.920. The van der Waals surface area contributed by atoms with Gasteiger partial charge in [-0.1, -0.05) is 90.4 Å². The predicted octanol–water partition coefficient (Wildman–Crippen LogP) is 9.49. The van der Waals surface area contributed by atoms with Gasteiger partial charge in [0.05, 0.1) is 23.9 Å². The van der Waals surface area contributed by atoms with Crippen molar-refractivity contribution in [1.29, 1.82) is 0 Å². The average Bonchev–Trinajstić information content (AvgIpc) is 3.54. The van der Waals surface area contributed by atoms with E-state index in [1.54, 1.807) is 12.5 Å². The van der Waals surface area contributed by atoms with E-state index < -0.39 is 0 Å². The first kappa shape index (κ1) is 23.5. The van der Waals surface area contributed by atoms with Gasteiger partial charge < -0.3 is 13.4 Å². The lowest BCUT2D eigenvalue weighted by atomic mass is 10.0. The third kappa shape index (κ3) is 7.79. The molecule has 3 nitrogen and oxygen atoms in total. The quantitative estimate of drug-likeness (QED) is 0.202. The Kier molecular flexibility index (Phi) is 10.6. The van der Waals surface area contributed by atoms with Crippen molar-refractivity contribution in [3.8, 4) is 22.9 Å². The second kappa shape index (κ2) is 14.0. The van der Waals surface area contributed by atoms with Crippen LogP contribution in [0.3, 0.4) is 0 Å². The van der Waals surface area contributed by atoms with Gasteiger partial charge in [0.1, 0.15) is 11.5 Å². The maximum atomic E-state index is 5.66. The third-order valence-electron chi connectivity index (χ3n) is 6.26. The van der Waals surface area contributed by atoms with Crippen molar-refractivity contribution in [2.24, 2.45) is 0 Å². The molecule has 3 aromatic rings. The fraction of sp³-hybridized carbons (Fsp3) is 0.571. The van der Waals surface area contributed by atoms with Crippen LogP contribution in [0, 0.1) is 0 Å². The van der Waals surface area contributed by atoms with Crippen molar-refractivity contribution in [2.45, 2.75) is 103 Å². The van der Waals surface area contributed by atoms with E-state index in [4.69, 9.17) is 8.83 Å². The number of hydrogen-bond acceptors (Lipinski definition) is 2. The first-order chi connectivity index (χ1) is 15.4. The Morgan fingerprint density at radius 2 is 0.968 bits per heavy atom. The molecule has 0 unspecified atom stereocenters. The highest BCUT2D eigenvalue weighted by Gasteiger charge is 2.14. The van der Waals surface area contributed by atoms with Gasteiger partial charge >= 0.3 is 0 Å². The molecule has 0 aromatic carbocycles. The molecule has 0 saturated carbocycles. The van der Waals surface area contributed by atoms with Gasteiger partial charge in [-0.3, -0.25) is 0 Å². The Labute approximate surface area is 188 Å². The Hall–Kier alpha value is -2.16. The molecule has 0 aliphatic carbocycles. The maximum Gasteiger partial charge on any atom is 0.150 e. The van der Waals surface area contributed by atoms with E-state index in [2.05, 4.69) is 23.6 Å². The SMILES string of the molecule is CCCCCCCCCCCCCCCCn1c(-c2ccco2)ccc1-c1ccco1. The molecule has 0 aliphatic rings. The Bertz CT molecular complexity index is 747. The van der Waals surface area contributed by atoms with Gasteiger partial charge in [0, 0.05) is 6.54 Å². The van der Waals surface area contributed by atoms with Crippen molar-refractivity contribution in [3.63, 3.8) is 0 Å². The van der Waals surface area contributed by atoms with Crippen molar-refractivity contribution in [2.75, 3.05) is 0 Å². The Balaban J connectivity index is 1.31. The van der Waals surface area contributed by atoms with Crippen LogP contribution in [-0.4, -0.2) is 4.57 Å². The van der Waals surface area contributed by atoms with Crippen molar-refractivity contribution < 1.29 is 8.83 Å². The average molecular weight is 424 g/mol. The van der Waals surface area contributed by atoms with Gasteiger partial charge in [0.15, 0.2) is 0 Å². The highest BCUT2D eigenvalue weighted by atomic mass is 16.3. The van der Waals surface area contributed by atoms with Crippen LogP contribution in [0.1, 0.15) is 96.8 Å². The third-order valence-corrected chi connectivity index (χ3v) is 6.26. The Morgan fingerprint density at radius 3 is 1.35 bits per heavy atom. The first-order valence-electron chi connectivity index (χ1n) is 12.7. The minimum absolute atomic E-state index is 0.920. The molecule has 0 fully saturated rings. The molecular formula is C28H41NO2. The van der Waals surface area contributed by atoms with Crippen LogP contribution in [0.5, 0.6) is 0 Å². The smallest absolute Gasteiger partial charge is 0.150 e. The fourth-order valence-electron chi connectivity index (χ4n) is 4.45. The number of unbranched alkanes of at least 4 members (excludes halogenated alkanes) is 13. The Morgan fingerprint density at radius 1 is 0.548 bits per heavy atom. The lowest BCUT2D eigenvalue weighted by Crippen LogP contribution is -2.02. The van der Waals surface area contributed by atoms with Crippen molar-refractivity contribution in [3.05, 3.63) is 48.9 Å². The van der Waals surface area contributed by atoms with Crippen LogP contribution in [0.2, 0.25) is 0 Å². The zero-order valence-electron chi connectivity index (χ0n) is 19.5. The van der Waals surface area contributed by atoms with Crippen LogP contribution in [0.4, 0.5) is 0 Å². The van der Waals surface area contributed by atoms with E-state index in [-0.39, 0.29) is 0 Å². The molecule has 3 heterocycles. The van der Waals surface area contributed by atoms with E-state index in [0.717, 1.165) is 29.5 Å². The monoisotopic (exact) mass is 423 g/mol. The van der Waals surface area contributed by atoms with Crippen molar-refractivity contribution >= 4 is 0 Å². The van der Waals surface area contributed by atoms with Gasteiger partial charge in [-0.25, -0.2) is 0 Å². The molecule has 0 aliphatic heterocycles. The summed E-state index contributed by atoms with van der Waals surface area (Å²) in [5.74, 6) is 1.84. The van der Waals surface area contributed by atoms with Gasteiger partial charge in [-0.05, 0) is 42.8 Å². The van der Waals surface area contributed by atoms with Gasteiger partial charge in [0.25, 0.3) is 0 Å². The van der Waals surface area contributed by atoms with E-state index in [9.17, 15) is 0 Å². The lowest BCUT2D eigenvalue weighted by molar-refractivity contribution is 0.520. The summed E-state index contributed by atoms with van der Waals surface area (Å²) in [6.07, 6.45) is 22.9. The normalized spacial score (nSPS) is 11.4. The van der Waals surface area contributed by atoms with E-state index in [1.807, 2.05) is 24.3 Å². The molecule has 0 saturated heterocycles. The molecule has 0 spiro atoms. The van der Waals surface area contributed by atoms with E-state index in [1.165, 1.54) is 89.9 Å². The van der Waals surface area contributed by atoms with Crippen molar-refractivity contribution in [1.82, 2.24) is 4.57 Å². The molecule has 0 N–H and O–H groups in total. The highest BCUT2D eigenvalue weighted by molar-refractivity contribution is 5.64. The maximum absolute atomic E-state index is 5.66. The molecule has 0 bridgehead atoms. The zero-order valence-corrected chi connectivity index (χ0v) is 19.5. The minimum Gasteiger partial charge on any atom is -0.463 e. The molecule has 31 heavy (non-hydrogen) atoms. The van der Waals surface area contributed by atoms with Gasteiger partial charge in [-0.15, -0.1) is 0 Å². The summed E-state index contributed by atoms with van der Waals surface area (Å²) >= 11 is 0. The number of hydrogen-bond donors (Lipinski definition) is 0. The predicted molar refractivity (Wildman–Crippen MR) is 130 cm³/mol. The molecule has 170 valence electrons. The largest absolute Gasteiger partial charge is 0.463 e. The summed E-state index contributed by atoms with van der Waals surface area (Å²) in [4.78, 5) is 0. The van der Waals surface area contributed by atoms with Crippen LogP contribution in [0.15, 0.2) is 57.8 Å². The van der Waals surface area contributed by atoms with Crippen LogP contribution in [-0.2, 0) is 6.54 Å². The highest BCUT2D eigenvalue weighted by Crippen LogP contribution is 2.30. The van der Waals surface area contributed by atoms with Gasteiger partial charge in [-0.2, -0.15) is 0 Å². The molecule has 0 radical (unpaired) electrons. The molecule has 3 heteroatoms. The summed E-state index contributed by atoms with van der Waals surface area (Å²) in [5.41, 5.74) is 2.26. The molecule has 0 atom stereocenters. The molecule has 0 amide bonds. The number of nitrogens with zero attached hydrogens (tertiary/aromatic N) is 1. The fourth-order valence-corrected chi connectivity index (χ4v) is 4.45. The standard InChI is InChI=1S/C28H41NO2/c1-2-3-4-5-6-7-8-9-10-11-12-13-14-15-22-29-25(27-18-16-23-30-27)20-21-26(29)28-19-17-24-31-28/h16-21,23-24H,2-15,22H2,1H3. The first-order valence-corrected chi connectivity index (χ1v) is 12.7. The summed E-state index contributed by atoms with van der Waals surface area (Å²) in [6.45, 7) is 3.29. The van der Waals surface area contributed by atoms with E-state index in [0.29, 0.717) is 0 Å². The number of aromatic nitrogens is 1. The van der Waals surface area contributed by atoms with E-state index >= 15 is 0 Å². The van der Waals surface area contributed by atoms with Crippen LogP contribution < -0.4 is 0 Å². The second-order valence-corrected chi connectivity index (χ2v) is 8.81. The number of rotatable bonds is 17. The molecule has 3 aromatic heterocycles. The molecular weight excluding hydrogens is 382 g/mol. The lowest BCUT2D eigenvalue weighted by Gasteiger charge is -2.11. The summed E-state index contributed by atoms with van der Waals surface area (Å²) < 4.78 is 13.7. The second-order valence-electron chi connectivity index (χ2n) is 8.81. The van der Waals surface area contributed by atoms with Crippen LogP contribution in [0.25, 0.3) is 22.9 Å². The summed E-state index contributed by atoms with van der Waals surface area (Å²) in [6, 6.07) is 12.2. The molecule has 3 rings (SSSR count). The van der Waals surface area contributed by atoms with Gasteiger partial charge in [0.2, 0.25) is 0 Å². The van der Waals surface area contributed by atoms with Crippen LogP contribution >= 0.6 is 0 Å². The summed E-state index contributed by atoms with van der Waals surface area (Å²) in [7, 11) is 0. The topological polar surface area (TPSA) is 31.2 Å².